The Morgan fingerprint density at radius 1 is 1.62 bits per heavy atom. The Bertz CT molecular complexity index is 303. The van der Waals surface area contributed by atoms with Gasteiger partial charge in [-0.25, -0.2) is 0 Å². The second kappa shape index (κ2) is 5.27. The monoisotopic (exact) mass is 240 g/mol. The van der Waals surface area contributed by atoms with Crippen LogP contribution in [0.25, 0.3) is 0 Å². The van der Waals surface area contributed by atoms with E-state index in [2.05, 4.69) is 22.3 Å². The summed E-state index contributed by atoms with van der Waals surface area (Å²) in [6.45, 7) is 0. The predicted octanol–water partition coefficient (Wildman–Crippen LogP) is 2.08. The molecule has 0 bridgehead atoms. The second-order valence-corrected chi connectivity index (χ2v) is 5.42. The molecule has 1 aliphatic carbocycles. The first-order chi connectivity index (χ1) is 7.78. The van der Waals surface area contributed by atoms with Crippen molar-refractivity contribution in [3.63, 3.8) is 0 Å². The van der Waals surface area contributed by atoms with Gasteiger partial charge in [0.25, 0.3) is 0 Å². The van der Waals surface area contributed by atoms with E-state index in [0.29, 0.717) is 6.04 Å². The first-order valence-electron chi connectivity index (χ1n) is 5.80. The van der Waals surface area contributed by atoms with Crippen LogP contribution in [-0.4, -0.2) is 18.8 Å². The van der Waals surface area contributed by atoms with Gasteiger partial charge < -0.3 is 4.74 Å². The average Bonchev–Trinajstić information content (AvgIpc) is 2.74. The maximum Gasteiger partial charge on any atom is 0.0694 e. The first-order valence-corrected chi connectivity index (χ1v) is 6.75. The molecule has 1 aliphatic rings. The number of rotatable bonds is 6. The summed E-state index contributed by atoms with van der Waals surface area (Å²) in [7, 11) is 1.82. The number of thiophene rings is 1. The molecule has 1 unspecified atom stereocenters. The zero-order chi connectivity index (χ0) is 11.4. The Balaban J connectivity index is 1.90. The lowest BCUT2D eigenvalue weighted by Crippen LogP contribution is -2.48. The minimum absolute atomic E-state index is 0.0903. The van der Waals surface area contributed by atoms with Crippen LogP contribution >= 0.6 is 11.3 Å². The van der Waals surface area contributed by atoms with E-state index in [9.17, 15) is 0 Å². The molecule has 0 radical (unpaired) electrons. The molecule has 0 aromatic carbocycles. The van der Waals surface area contributed by atoms with Gasteiger partial charge in [0, 0.05) is 13.2 Å². The summed E-state index contributed by atoms with van der Waals surface area (Å²) < 4.78 is 5.63. The number of nitrogens with one attached hydrogen (secondary N) is 1. The normalized spacial score (nSPS) is 20.4. The summed E-state index contributed by atoms with van der Waals surface area (Å²) in [6.07, 6.45) is 5.63. The van der Waals surface area contributed by atoms with Crippen LogP contribution in [0.15, 0.2) is 16.8 Å². The number of nitrogens with two attached hydrogens (primary N) is 1. The smallest absolute Gasteiger partial charge is 0.0694 e. The molecular formula is C12H20N2OS. The highest BCUT2D eigenvalue weighted by molar-refractivity contribution is 7.07. The van der Waals surface area contributed by atoms with Crippen molar-refractivity contribution in [3.05, 3.63) is 22.4 Å². The molecule has 1 atom stereocenters. The predicted molar refractivity (Wildman–Crippen MR) is 67.3 cm³/mol. The lowest BCUT2D eigenvalue weighted by molar-refractivity contribution is -0.0834. The highest BCUT2D eigenvalue weighted by Crippen LogP contribution is 2.39. The second-order valence-electron chi connectivity index (χ2n) is 4.64. The van der Waals surface area contributed by atoms with Crippen molar-refractivity contribution >= 4 is 11.3 Å². The van der Waals surface area contributed by atoms with Crippen LogP contribution in [0, 0.1) is 0 Å². The van der Waals surface area contributed by atoms with Crippen molar-refractivity contribution in [1.29, 1.82) is 0 Å². The SMILES string of the molecule is COC1(CC(Cc2ccsc2)NN)CCC1. The summed E-state index contributed by atoms with van der Waals surface area (Å²) in [5.41, 5.74) is 4.37. The molecule has 90 valence electrons. The van der Waals surface area contributed by atoms with Gasteiger partial charge in [0.2, 0.25) is 0 Å². The minimum Gasteiger partial charge on any atom is -0.378 e. The standard InChI is InChI=1S/C12H20N2OS/c1-15-12(4-2-5-12)8-11(14-13)7-10-3-6-16-9-10/h3,6,9,11,14H,2,4-5,7-8,13H2,1H3. The Hall–Kier alpha value is -0.420. The van der Waals surface area contributed by atoms with Gasteiger partial charge in [0.15, 0.2) is 0 Å². The van der Waals surface area contributed by atoms with E-state index in [1.807, 2.05) is 7.11 Å². The molecule has 4 heteroatoms. The Morgan fingerprint density at radius 3 is 2.88 bits per heavy atom. The third-order valence-corrected chi connectivity index (χ3v) is 4.35. The van der Waals surface area contributed by atoms with E-state index in [4.69, 9.17) is 10.6 Å². The zero-order valence-electron chi connectivity index (χ0n) is 9.74. The maximum absolute atomic E-state index is 5.63. The van der Waals surface area contributed by atoms with Gasteiger partial charge in [-0.2, -0.15) is 11.3 Å². The summed E-state index contributed by atoms with van der Waals surface area (Å²) >= 11 is 1.74. The number of hydrogen-bond acceptors (Lipinski definition) is 4. The summed E-state index contributed by atoms with van der Waals surface area (Å²) in [6, 6.07) is 2.48. The van der Waals surface area contributed by atoms with E-state index in [1.165, 1.54) is 24.8 Å². The summed E-state index contributed by atoms with van der Waals surface area (Å²) in [5.74, 6) is 5.63. The van der Waals surface area contributed by atoms with E-state index in [-0.39, 0.29) is 5.60 Å². The average molecular weight is 240 g/mol. The molecule has 3 nitrogen and oxygen atoms in total. The van der Waals surface area contributed by atoms with E-state index in [1.54, 1.807) is 11.3 Å². The topological polar surface area (TPSA) is 47.3 Å². The van der Waals surface area contributed by atoms with E-state index < -0.39 is 0 Å². The van der Waals surface area contributed by atoms with Crippen LogP contribution in [0.1, 0.15) is 31.2 Å². The van der Waals surface area contributed by atoms with Crippen LogP contribution in [-0.2, 0) is 11.2 Å². The molecule has 0 saturated heterocycles. The van der Waals surface area contributed by atoms with E-state index in [0.717, 1.165) is 12.8 Å². The van der Waals surface area contributed by atoms with Gasteiger partial charge in [-0.1, -0.05) is 0 Å². The quantitative estimate of drug-likeness (QED) is 0.591. The number of methoxy groups -OCH3 is 1. The maximum atomic E-state index is 5.63. The van der Waals surface area contributed by atoms with Crippen molar-refractivity contribution in [2.75, 3.05) is 7.11 Å². The molecule has 3 N–H and O–H groups in total. The molecule has 1 aromatic rings. The van der Waals surface area contributed by atoms with Crippen LogP contribution < -0.4 is 11.3 Å². The Kier molecular flexibility index (Phi) is 3.97. The molecule has 16 heavy (non-hydrogen) atoms. The summed E-state index contributed by atoms with van der Waals surface area (Å²) in [5, 5.41) is 4.29. The molecule has 2 rings (SSSR count). The number of hydrazine groups is 1. The van der Waals surface area contributed by atoms with Crippen molar-refractivity contribution < 1.29 is 4.74 Å². The molecule has 1 saturated carbocycles. The van der Waals surface area contributed by atoms with Crippen molar-refractivity contribution in [2.24, 2.45) is 5.84 Å². The fourth-order valence-electron chi connectivity index (χ4n) is 2.40. The molecule has 0 amide bonds. The molecule has 1 fully saturated rings. The molecule has 0 aliphatic heterocycles. The van der Waals surface area contributed by atoms with Crippen LogP contribution in [0.2, 0.25) is 0 Å². The van der Waals surface area contributed by atoms with Crippen LogP contribution in [0.5, 0.6) is 0 Å². The van der Waals surface area contributed by atoms with Gasteiger partial charge >= 0.3 is 0 Å². The van der Waals surface area contributed by atoms with Gasteiger partial charge in [-0.3, -0.25) is 11.3 Å². The number of ether oxygens (including phenoxy) is 1. The summed E-state index contributed by atoms with van der Waals surface area (Å²) in [4.78, 5) is 0. The van der Waals surface area contributed by atoms with Crippen molar-refractivity contribution in [1.82, 2.24) is 5.43 Å². The number of hydrogen-bond donors (Lipinski definition) is 2. The van der Waals surface area contributed by atoms with Gasteiger partial charge in [0.05, 0.1) is 5.60 Å². The van der Waals surface area contributed by atoms with Gasteiger partial charge in [-0.05, 0) is 54.5 Å². The van der Waals surface area contributed by atoms with Gasteiger partial charge in [0.1, 0.15) is 0 Å². The molecule has 0 spiro atoms. The molecule has 1 aromatic heterocycles. The lowest BCUT2D eigenvalue weighted by atomic mass is 9.75. The molecule has 1 heterocycles. The van der Waals surface area contributed by atoms with Crippen molar-refractivity contribution in [3.8, 4) is 0 Å². The van der Waals surface area contributed by atoms with Crippen molar-refractivity contribution in [2.45, 2.75) is 43.7 Å². The molecular weight excluding hydrogens is 220 g/mol. The van der Waals surface area contributed by atoms with Gasteiger partial charge in [-0.15, -0.1) is 0 Å². The third kappa shape index (κ3) is 2.63. The van der Waals surface area contributed by atoms with E-state index >= 15 is 0 Å². The highest BCUT2D eigenvalue weighted by Gasteiger charge is 2.38. The fraction of sp³-hybridized carbons (Fsp3) is 0.667. The first kappa shape index (κ1) is 12.0. The van der Waals surface area contributed by atoms with Crippen LogP contribution in [0.3, 0.4) is 0 Å². The minimum atomic E-state index is 0.0903. The highest BCUT2D eigenvalue weighted by atomic mass is 32.1. The zero-order valence-corrected chi connectivity index (χ0v) is 10.6. The largest absolute Gasteiger partial charge is 0.378 e. The lowest BCUT2D eigenvalue weighted by Gasteiger charge is -2.42. The van der Waals surface area contributed by atoms with Crippen LogP contribution in [0.4, 0.5) is 0 Å². The fourth-order valence-corrected chi connectivity index (χ4v) is 3.08. The Morgan fingerprint density at radius 2 is 2.44 bits per heavy atom. The Labute approximate surface area is 101 Å². The third-order valence-electron chi connectivity index (χ3n) is 3.61.